The Balaban J connectivity index is 1.77. The van der Waals surface area contributed by atoms with Crippen molar-refractivity contribution in [2.24, 2.45) is 0 Å². The number of amides is 1. The van der Waals surface area contributed by atoms with Crippen LogP contribution in [0.1, 0.15) is 16.1 Å². The van der Waals surface area contributed by atoms with Crippen LogP contribution in [-0.2, 0) is 16.6 Å². The van der Waals surface area contributed by atoms with Gasteiger partial charge >= 0.3 is 0 Å². The first-order valence-corrected chi connectivity index (χ1v) is 10.4. The number of anilines is 1. The number of carbonyl (C=O) groups excluding carboxylic acids is 1. The first-order valence-electron chi connectivity index (χ1n) is 8.99. The Bertz CT molecular complexity index is 1070. The van der Waals surface area contributed by atoms with Gasteiger partial charge in [-0.3, -0.25) is 14.1 Å². The smallest absolute Gasteiger partial charge is 0.264 e. The molecular formula is C22H21N3O3S. The van der Waals surface area contributed by atoms with E-state index in [0.29, 0.717) is 17.8 Å². The highest BCUT2D eigenvalue weighted by molar-refractivity contribution is 7.92. The molecule has 0 spiro atoms. The minimum Gasteiger partial charge on any atom is -0.346 e. The summed E-state index contributed by atoms with van der Waals surface area (Å²) in [5.41, 5.74) is 1.64. The van der Waals surface area contributed by atoms with E-state index in [4.69, 9.17) is 0 Å². The Labute approximate surface area is 170 Å². The van der Waals surface area contributed by atoms with Crippen molar-refractivity contribution in [2.45, 2.75) is 11.4 Å². The molecule has 1 heterocycles. The van der Waals surface area contributed by atoms with E-state index in [1.165, 1.54) is 10.4 Å². The lowest BCUT2D eigenvalue weighted by molar-refractivity contribution is 0.0950. The molecule has 0 aliphatic carbocycles. The normalized spacial score (nSPS) is 10.9. The zero-order valence-electron chi connectivity index (χ0n) is 15.7. The van der Waals surface area contributed by atoms with Crippen molar-refractivity contribution in [1.82, 2.24) is 10.3 Å². The summed E-state index contributed by atoms with van der Waals surface area (Å²) in [5, 5.41) is 2.80. The summed E-state index contributed by atoms with van der Waals surface area (Å²) in [6.45, 7) is 4.08. The van der Waals surface area contributed by atoms with Gasteiger partial charge in [-0.1, -0.05) is 30.3 Å². The lowest BCUT2D eigenvalue weighted by Crippen LogP contribution is -2.31. The number of hydrogen-bond donors (Lipinski definition) is 1. The van der Waals surface area contributed by atoms with Crippen LogP contribution in [0.15, 0.2) is 96.5 Å². The maximum Gasteiger partial charge on any atom is 0.264 e. The molecule has 0 radical (unpaired) electrons. The van der Waals surface area contributed by atoms with Crippen LogP contribution in [0.4, 0.5) is 5.69 Å². The lowest BCUT2D eigenvalue weighted by atomic mass is 10.2. The molecule has 1 aromatic heterocycles. The standard InChI is InChI=1S/C22H21N3O3S/c1-2-16-25(29(27,28)21-9-4-3-5-10-21)20-13-11-18(12-14-20)22(26)24-17-19-8-6-7-15-23-19/h2-15H,1,16-17H2,(H,24,26). The Morgan fingerprint density at radius 3 is 2.31 bits per heavy atom. The predicted octanol–water partition coefficient (Wildman–Crippen LogP) is 3.39. The number of aromatic nitrogens is 1. The average molecular weight is 407 g/mol. The van der Waals surface area contributed by atoms with Crippen LogP contribution in [0.5, 0.6) is 0 Å². The summed E-state index contributed by atoms with van der Waals surface area (Å²) in [7, 11) is -3.74. The second kappa shape index (κ2) is 9.16. The Kier molecular flexibility index (Phi) is 6.41. The van der Waals surface area contributed by atoms with Crippen molar-refractivity contribution in [3.63, 3.8) is 0 Å². The van der Waals surface area contributed by atoms with Crippen LogP contribution < -0.4 is 9.62 Å². The minimum absolute atomic E-state index is 0.114. The van der Waals surface area contributed by atoms with E-state index in [-0.39, 0.29) is 17.3 Å². The highest BCUT2D eigenvalue weighted by Gasteiger charge is 2.23. The first kappa shape index (κ1) is 20.3. The molecular weight excluding hydrogens is 386 g/mol. The third-order valence-corrected chi connectivity index (χ3v) is 6.01. The molecule has 3 aromatic rings. The van der Waals surface area contributed by atoms with Crippen LogP contribution in [0.25, 0.3) is 0 Å². The first-order chi connectivity index (χ1) is 14.0. The van der Waals surface area contributed by atoms with E-state index in [0.717, 1.165) is 5.69 Å². The number of pyridine rings is 1. The summed E-state index contributed by atoms with van der Waals surface area (Å²) in [6.07, 6.45) is 3.19. The molecule has 0 saturated heterocycles. The zero-order chi connectivity index (χ0) is 20.7. The van der Waals surface area contributed by atoms with Gasteiger partial charge in [-0.15, -0.1) is 6.58 Å². The van der Waals surface area contributed by atoms with Gasteiger partial charge < -0.3 is 5.32 Å². The van der Waals surface area contributed by atoms with E-state index in [9.17, 15) is 13.2 Å². The van der Waals surface area contributed by atoms with Gasteiger partial charge in [0, 0.05) is 11.8 Å². The predicted molar refractivity (Wildman–Crippen MR) is 113 cm³/mol. The summed E-state index contributed by atoms with van der Waals surface area (Å²) in [6, 6.07) is 20.1. The molecule has 0 atom stereocenters. The Hall–Kier alpha value is -3.45. The van der Waals surface area contributed by atoms with Gasteiger partial charge in [0.2, 0.25) is 0 Å². The van der Waals surface area contributed by atoms with Crippen LogP contribution in [-0.4, -0.2) is 25.9 Å². The molecule has 0 unspecified atom stereocenters. The monoisotopic (exact) mass is 407 g/mol. The Morgan fingerprint density at radius 1 is 1.00 bits per heavy atom. The fraction of sp³-hybridized carbons (Fsp3) is 0.0909. The fourth-order valence-corrected chi connectivity index (χ4v) is 4.19. The zero-order valence-corrected chi connectivity index (χ0v) is 16.5. The summed E-state index contributed by atoms with van der Waals surface area (Å²) in [5.74, 6) is -0.261. The molecule has 0 aliphatic heterocycles. The number of benzene rings is 2. The van der Waals surface area contributed by atoms with Crippen molar-refractivity contribution in [2.75, 3.05) is 10.8 Å². The average Bonchev–Trinajstić information content (AvgIpc) is 2.77. The van der Waals surface area contributed by atoms with Crippen molar-refractivity contribution < 1.29 is 13.2 Å². The van der Waals surface area contributed by atoms with Crippen LogP contribution in [0.3, 0.4) is 0 Å². The molecule has 7 heteroatoms. The molecule has 3 rings (SSSR count). The van der Waals surface area contributed by atoms with Gasteiger partial charge in [-0.2, -0.15) is 0 Å². The molecule has 1 N–H and O–H groups in total. The topological polar surface area (TPSA) is 79.4 Å². The van der Waals surface area contributed by atoms with Crippen LogP contribution in [0, 0.1) is 0 Å². The molecule has 0 fully saturated rings. The maximum atomic E-state index is 13.0. The highest BCUT2D eigenvalue weighted by atomic mass is 32.2. The molecule has 0 bridgehead atoms. The van der Waals surface area contributed by atoms with Crippen molar-refractivity contribution in [3.05, 3.63) is 103 Å². The van der Waals surface area contributed by atoms with Crippen molar-refractivity contribution >= 4 is 21.6 Å². The van der Waals surface area contributed by atoms with Crippen LogP contribution >= 0.6 is 0 Å². The van der Waals surface area contributed by atoms with E-state index in [2.05, 4.69) is 16.9 Å². The molecule has 6 nitrogen and oxygen atoms in total. The van der Waals surface area contributed by atoms with Gasteiger partial charge in [0.15, 0.2) is 0 Å². The van der Waals surface area contributed by atoms with Crippen LogP contribution in [0.2, 0.25) is 0 Å². The number of carbonyl (C=O) groups is 1. The van der Waals surface area contributed by atoms with Gasteiger partial charge in [0.1, 0.15) is 0 Å². The van der Waals surface area contributed by atoms with Gasteiger partial charge in [0.05, 0.1) is 29.4 Å². The molecule has 29 heavy (non-hydrogen) atoms. The number of nitrogens with zero attached hydrogens (tertiary/aromatic N) is 2. The SMILES string of the molecule is C=CCN(c1ccc(C(=O)NCc2ccccn2)cc1)S(=O)(=O)c1ccccc1. The third kappa shape index (κ3) is 4.89. The maximum absolute atomic E-state index is 13.0. The van der Waals surface area contributed by atoms with E-state index in [1.807, 2.05) is 18.2 Å². The number of rotatable bonds is 8. The van der Waals surface area contributed by atoms with E-state index >= 15 is 0 Å². The van der Waals surface area contributed by atoms with Crippen molar-refractivity contribution in [3.8, 4) is 0 Å². The summed E-state index contributed by atoms with van der Waals surface area (Å²) >= 11 is 0. The minimum atomic E-state index is -3.74. The second-order valence-corrected chi connectivity index (χ2v) is 8.05. The largest absolute Gasteiger partial charge is 0.346 e. The number of hydrogen-bond acceptors (Lipinski definition) is 4. The van der Waals surface area contributed by atoms with Crippen molar-refractivity contribution in [1.29, 1.82) is 0 Å². The number of sulfonamides is 1. The fourth-order valence-electron chi connectivity index (χ4n) is 2.73. The Morgan fingerprint density at radius 2 is 1.69 bits per heavy atom. The van der Waals surface area contributed by atoms with Gasteiger partial charge in [0.25, 0.3) is 15.9 Å². The van der Waals surface area contributed by atoms with Gasteiger partial charge in [-0.25, -0.2) is 8.42 Å². The third-order valence-electron chi connectivity index (χ3n) is 4.20. The summed E-state index contributed by atoms with van der Waals surface area (Å²) in [4.78, 5) is 16.7. The molecule has 2 aromatic carbocycles. The quantitative estimate of drug-likeness (QED) is 0.581. The van der Waals surface area contributed by atoms with Gasteiger partial charge in [-0.05, 0) is 48.5 Å². The summed E-state index contributed by atoms with van der Waals surface area (Å²) < 4.78 is 27.2. The highest BCUT2D eigenvalue weighted by Crippen LogP contribution is 2.24. The molecule has 1 amide bonds. The van der Waals surface area contributed by atoms with E-state index in [1.54, 1.807) is 60.8 Å². The number of nitrogens with one attached hydrogen (secondary N) is 1. The lowest BCUT2D eigenvalue weighted by Gasteiger charge is -2.23. The van der Waals surface area contributed by atoms with E-state index < -0.39 is 10.0 Å². The molecule has 0 aliphatic rings. The second-order valence-electron chi connectivity index (χ2n) is 6.19. The molecule has 0 saturated carbocycles. The molecule has 148 valence electrons.